The zero-order valence-electron chi connectivity index (χ0n) is 16.0. The van der Waals surface area contributed by atoms with Crippen LogP contribution in [0.25, 0.3) is 5.76 Å². The topological polar surface area (TPSA) is 94.9 Å². The number of carboxylic acid groups (broad SMARTS) is 1. The first-order valence-electron chi connectivity index (χ1n) is 9.34. The van der Waals surface area contributed by atoms with Gasteiger partial charge in [0.05, 0.1) is 17.2 Å². The Bertz CT molecular complexity index is 1240. The summed E-state index contributed by atoms with van der Waals surface area (Å²) >= 11 is 0. The third-order valence-electron chi connectivity index (χ3n) is 5.06. The van der Waals surface area contributed by atoms with Crippen molar-refractivity contribution in [3.63, 3.8) is 0 Å². The van der Waals surface area contributed by atoms with Gasteiger partial charge in [-0.15, -0.1) is 0 Å². The first-order chi connectivity index (χ1) is 14.9. The first kappa shape index (κ1) is 20.0. The summed E-state index contributed by atoms with van der Waals surface area (Å²) in [5.41, 5.74) is 0.0140. The average molecular weight is 417 g/mol. The number of nitrogens with zero attached hydrogens (tertiary/aromatic N) is 1. The van der Waals surface area contributed by atoms with E-state index >= 15 is 0 Å². The molecule has 4 rings (SSSR count). The zero-order chi connectivity index (χ0) is 22.1. The van der Waals surface area contributed by atoms with Crippen LogP contribution in [0.3, 0.4) is 0 Å². The molecule has 6 nitrogen and oxygen atoms in total. The molecule has 3 aromatic rings. The number of aliphatic hydroxyl groups is 1. The third-order valence-corrected chi connectivity index (χ3v) is 5.06. The molecule has 0 unspecified atom stereocenters. The van der Waals surface area contributed by atoms with Crippen LogP contribution in [0.4, 0.5) is 10.1 Å². The second-order valence-electron chi connectivity index (χ2n) is 6.91. The van der Waals surface area contributed by atoms with Crippen LogP contribution in [0.1, 0.15) is 27.5 Å². The molecule has 1 amide bonds. The van der Waals surface area contributed by atoms with E-state index in [1.54, 1.807) is 36.4 Å². The van der Waals surface area contributed by atoms with Crippen molar-refractivity contribution < 1.29 is 29.0 Å². The fraction of sp³-hybridized carbons (Fsp3) is 0.0417. The van der Waals surface area contributed by atoms with Gasteiger partial charge in [-0.1, -0.05) is 54.6 Å². The van der Waals surface area contributed by atoms with E-state index in [1.807, 2.05) is 0 Å². The average Bonchev–Trinajstić information content (AvgIpc) is 3.04. The van der Waals surface area contributed by atoms with Gasteiger partial charge in [0, 0.05) is 16.8 Å². The Hall–Kier alpha value is -4.26. The van der Waals surface area contributed by atoms with E-state index in [0.717, 1.165) is 4.90 Å². The van der Waals surface area contributed by atoms with E-state index in [9.17, 15) is 29.0 Å². The minimum atomic E-state index is -1.27. The predicted molar refractivity (Wildman–Crippen MR) is 111 cm³/mol. The highest BCUT2D eigenvalue weighted by atomic mass is 19.1. The van der Waals surface area contributed by atoms with Crippen LogP contribution in [-0.4, -0.2) is 27.9 Å². The number of carbonyl (C=O) groups is 3. The monoisotopic (exact) mass is 417 g/mol. The van der Waals surface area contributed by atoms with Gasteiger partial charge in [0.1, 0.15) is 11.6 Å². The molecule has 1 heterocycles. The Balaban J connectivity index is 1.98. The Morgan fingerprint density at radius 3 is 2.16 bits per heavy atom. The summed E-state index contributed by atoms with van der Waals surface area (Å²) in [6.07, 6.45) is 0. The molecular weight excluding hydrogens is 401 g/mol. The number of Topliss-reactive ketones (excluding diaryl/α,β-unsaturated/α-hetero) is 1. The number of hydrogen-bond acceptors (Lipinski definition) is 4. The number of benzene rings is 3. The number of rotatable bonds is 4. The summed E-state index contributed by atoms with van der Waals surface area (Å²) in [5.74, 6) is -4.31. The maximum absolute atomic E-state index is 14.8. The Kier molecular flexibility index (Phi) is 5.09. The number of halogens is 1. The highest BCUT2D eigenvalue weighted by molar-refractivity contribution is 6.51. The van der Waals surface area contributed by atoms with Gasteiger partial charge in [0.2, 0.25) is 0 Å². The lowest BCUT2D eigenvalue weighted by Crippen LogP contribution is -2.30. The van der Waals surface area contributed by atoms with Crippen molar-refractivity contribution in [2.75, 3.05) is 4.90 Å². The van der Waals surface area contributed by atoms with Gasteiger partial charge in [-0.3, -0.25) is 14.5 Å². The Morgan fingerprint density at radius 2 is 1.48 bits per heavy atom. The normalized spacial score (nSPS) is 17.7. The summed E-state index contributed by atoms with van der Waals surface area (Å²) in [4.78, 5) is 38.4. The summed E-state index contributed by atoms with van der Waals surface area (Å²) < 4.78 is 14.8. The van der Waals surface area contributed by atoms with E-state index in [1.165, 1.54) is 42.5 Å². The van der Waals surface area contributed by atoms with Crippen LogP contribution >= 0.6 is 0 Å². The minimum Gasteiger partial charge on any atom is -0.507 e. The largest absolute Gasteiger partial charge is 0.507 e. The fourth-order valence-corrected chi connectivity index (χ4v) is 3.63. The first-order valence-corrected chi connectivity index (χ1v) is 9.34. The maximum Gasteiger partial charge on any atom is 0.335 e. The standard InChI is InChI=1S/C24H16FNO5/c25-18-12-5-4-11-17(18)20-19(21(27)14-7-2-1-3-8-14)22(28)23(29)26(20)16-10-6-9-15(13-16)24(30)31/h1-13,20,27H,(H,30,31)/t20-/m1/s1. The number of anilines is 1. The molecule has 31 heavy (non-hydrogen) atoms. The molecule has 0 radical (unpaired) electrons. The molecule has 154 valence electrons. The van der Waals surface area contributed by atoms with E-state index in [4.69, 9.17) is 0 Å². The minimum absolute atomic E-state index is 0.0000841. The molecule has 1 fully saturated rings. The number of aromatic carboxylic acids is 1. The lowest BCUT2D eigenvalue weighted by molar-refractivity contribution is -0.132. The molecule has 2 N–H and O–H groups in total. The molecule has 1 saturated heterocycles. The molecule has 0 aromatic heterocycles. The number of carbonyl (C=O) groups excluding carboxylic acids is 2. The van der Waals surface area contributed by atoms with Crippen molar-refractivity contribution in [1.82, 2.24) is 0 Å². The van der Waals surface area contributed by atoms with Crippen molar-refractivity contribution in [2.45, 2.75) is 6.04 Å². The third kappa shape index (κ3) is 3.46. The van der Waals surface area contributed by atoms with Gasteiger partial charge in [-0.2, -0.15) is 0 Å². The van der Waals surface area contributed by atoms with Crippen molar-refractivity contribution >= 4 is 29.1 Å². The number of ketones is 1. The lowest BCUT2D eigenvalue weighted by atomic mass is 9.94. The number of carboxylic acids is 1. The smallest absolute Gasteiger partial charge is 0.335 e. The van der Waals surface area contributed by atoms with Gasteiger partial charge < -0.3 is 10.2 Å². The summed E-state index contributed by atoms with van der Waals surface area (Å²) in [6, 6.07) is 17.9. The fourth-order valence-electron chi connectivity index (χ4n) is 3.63. The quantitative estimate of drug-likeness (QED) is 0.378. The van der Waals surface area contributed by atoms with Crippen LogP contribution in [0.2, 0.25) is 0 Å². The van der Waals surface area contributed by atoms with Gasteiger partial charge in [-0.05, 0) is 24.3 Å². The summed E-state index contributed by atoms with van der Waals surface area (Å²) in [5, 5.41) is 20.2. The highest BCUT2D eigenvalue weighted by Gasteiger charge is 2.47. The Morgan fingerprint density at radius 1 is 0.839 bits per heavy atom. The van der Waals surface area contributed by atoms with E-state index in [2.05, 4.69) is 0 Å². The molecule has 1 atom stereocenters. The van der Waals surface area contributed by atoms with Gasteiger partial charge in [0.25, 0.3) is 11.7 Å². The maximum atomic E-state index is 14.8. The molecule has 0 bridgehead atoms. The van der Waals surface area contributed by atoms with Crippen LogP contribution < -0.4 is 4.90 Å². The highest BCUT2D eigenvalue weighted by Crippen LogP contribution is 2.43. The summed E-state index contributed by atoms with van der Waals surface area (Å²) in [6.45, 7) is 0. The van der Waals surface area contributed by atoms with Gasteiger partial charge >= 0.3 is 5.97 Å². The number of aliphatic hydroxyl groups excluding tert-OH is 1. The van der Waals surface area contributed by atoms with Crippen molar-refractivity contribution in [2.24, 2.45) is 0 Å². The van der Waals surface area contributed by atoms with Crippen LogP contribution in [0.5, 0.6) is 0 Å². The van der Waals surface area contributed by atoms with E-state index in [0.29, 0.717) is 5.56 Å². The van der Waals surface area contributed by atoms with Crippen LogP contribution in [-0.2, 0) is 9.59 Å². The predicted octanol–water partition coefficient (Wildman–Crippen LogP) is 4.15. The van der Waals surface area contributed by atoms with Crippen molar-refractivity contribution in [1.29, 1.82) is 0 Å². The molecule has 1 aliphatic heterocycles. The molecule has 0 aliphatic carbocycles. The molecule has 1 aliphatic rings. The molecule has 0 spiro atoms. The van der Waals surface area contributed by atoms with Crippen LogP contribution in [0.15, 0.2) is 84.4 Å². The molecular formula is C24H16FNO5. The summed E-state index contributed by atoms with van der Waals surface area (Å²) in [7, 11) is 0. The SMILES string of the molecule is O=C1C(=O)N(c2cccc(C(=O)O)c2)[C@H](c2ccccc2F)C1=C(O)c1ccccc1. The van der Waals surface area contributed by atoms with Gasteiger partial charge in [-0.25, -0.2) is 9.18 Å². The molecule has 3 aromatic carbocycles. The molecule has 7 heteroatoms. The molecule has 0 saturated carbocycles. The second kappa shape index (κ2) is 7.87. The number of hydrogen-bond donors (Lipinski definition) is 2. The zero-order valence-corrected chi connectivity index (χ0v) is 16.0. The van der Waals surface area contributed by atoms with Crippen molar-refractivity contribution in [3.8, 4) is 0 Å². The van der Waals surface area contributed by atoms with Crippen LogP contribution in [0, 0.1) is 5.82 Å². The van der Waals surface area contributed by atoms with E-state index in [-0.39, 0.29) is 22.4 Å². The second-order valence-corrected chi connectivity index (χ2v) is 6.91. The lowest BCUT2D eigenvalue weighted by Gasteiger charge is -2.26. The van der Waals surface area contributed by atoms with E-state index < -0.39 is 35.3 Å². The Labute approximate surface area is 176 Å². The van der Waals surface area contributed by atoms with Crippen molar-refractivity contribution in [3.05, 3.63) is 107 Å². The van der Waals surface area contributed by atoms with Gasteiger partial charge in [0.15, 0.2) is 0 Å². The number of amides is 1.